The molecular formula is C18H25N3O4. The van der Waals surface area contributed by atoms with Crippen molar-refractivity contribution in [1.29, 1.82) is 0 Å². The van der Waals surface area contributed by atoms with Gasteiger partial charge in [-0.2, -0.15) is 0 Å². The lowest BCUT2D eigenvalue weighted by Gasteiger charge is -2.29. The molecule has 0 spiro atoms. The predicted octanol–water partition coefficient (Wildman–Crippen LogP) is 1.51. The van der Waals surface area contributed by atoms with Gasteiger partial charge in [-0.25, -0.2) is 4.79 Å². The second-order valence-corrected chi connectivity index (χ2v) is 7.25. The Bertz CT molecular complexity index is 674. The van der Waals surface area contributed by atoms with E-state index in [4.69, 9.17) is 9.47 Å². The minimum atomic E-state index is -0.514. The van der Waals surface area contributed by atoms with Crippen molar-refractivity contribution < 1.29 is 19.1 Å². The molecule has 0 aliphatic carbocycles. The molecule has 0 radical (unpaired) electrons. The molecular weight excluding hydrogens is 322 g/mol. The predicted molar refractivity (Wildman–Crippen MR) is 92.6 cm³/mol. The Morgan fingerprint density at radius 3 is 2.96 bits per heavy atom. The van der Waals surface area contributed by atoms with Crippen molar-refractivity contribution in [2.75, 3.05) is 26.7 Å². The fourth-order valence-electron chi connectivity index (χ4n) is 3.23. The largest absolute Gasteiger partial charge is 0.497 e. The van der Waals surface area contributed by atoms with E-state index in [0.717, 1.165) is 17.1 Å². The highest BCUT2D eigenvalue weighted by atomic mass is 16.5. The number of nitrogens with one attached hydrogen (secondary N) is 2. The van der Waals surface area contributed by atoms with Gasteiger partial charge in [0, 0.05) is 37.1 Å². The van der Waals surface area contributed by atoms with Gasteiger partial charge < -0.3 is 25.0 Å². The first kappa shape index (κ1) is 17.4. The van der Waals surface area contributed by atoms with Crippen LogP contribution in [-0.2, 0) is 11.3 Å². The Labute approximate surface area is 147 Å². The number of benzene rings is 1. The normalized spacial score (nSPS) is 21.6. The number of carbonyl (C=O) groups excluding carboxylic acids is 2. The van der Waals surface area contributed by atoms with E-state index >= 15 is 0 Å². The van der Waals surface area contributed by atoms with E-state index in [1.807, 2.05) is 32.0 Å². The number of fused-ring (bicyclic) bond motifs is 1. The number of urea groups is 1. The lowest BCUT2D eigenvalue weighted by atomic mass is 10.1. The molecule has 3 rings (SSSR count). The quantitative estimate of drug-likeness (QED) is 0.869. The molecule has 136 valence electrons. The molecule has 0 saturated carbocycles. The molecule has 7 nitrogen and oxygen atoms in total. The second kappa shape index (κ2) is 6.82. The summed E-state index contributed by atoms with van der Waals surface area (Å²) in [6, 6.07) is 5.51. The third-order valence-electron chi connectivity index (χ3n) is 4.48. The highest BCUT2D eigenvalue weighted by Crippen LogP contribution is 2.32. The highest BCUT2D eigenvalue weighted by Gasteiger charge is 2.32. The minimum Gasteiger partial charge on any atom is -0.497 e. The van der Waals surface area contributed by atoms with Crippen molar-refractivity contribution in [3.63, 3.8) is 0 Å². The third kappa shape index (κ3) is 4.15. The van der Waals surface area contributed by atoms with E-state index in [0.29, 0.717) is 32.6 Å². The van der Waals surface area contributed by atoms with Gasteiger partial charge in [0.15, 0.2) is 0 Å². The lowest BCUT2D eigenvalue weighted by Crippen LogP contribution is -2.48. The maximum absolute atomic E-state index is 12.6. The van der Waals surface area contributed by atoms with Gasteiger partial charge >= 0.3 is 6.03 Å². The molecule has 2 heterocycles. The Morgan fingerprint density at radius 2 is 2.28 bits per heavy atom. The van der Waals surface area contributed by atoms with Crippen molar-refractivity contribution >= 4 is 11.9 Å². The zero-order valence-corrected chi connectivity index (χ0v) is 14.9. The summed E-state index contributed by atoms with van der Waals surface area (Å²) in [5, 5.41) is 5.73. The van der Waals surface area contributed by atoms with Gasteiger partial charge in [0.25, 0.3) is 0 Å². The van der Waals surface area contributed by atoms with Gasteiger partial charge in [-0.05, 0) is 26.0 Å². The van der Waals surface area contributed by atoms with Crippen LogP contribution in [0.4, 0.5) is 4.79 Å². The first-order valence-electron chi connectivity index (χ1n) is 8.52. The summed E-state index contributed by atoms with van der Waals surface area (Å²) < 4.78 is 11.4. The van der Waals surface area contributed by atoms with Crippen LogP contribution in [0.2, 0.25) is 0 Å². The van der Waals surface area contributed by atoms with Gasteiger partial charge in [0.2, 0.25) is 5.91 Å². The van der Waals surface area contributed by atoms with Gasteiger partial charge in [0.1, 0.15) is 17.1 Å². The Morgan fingerprint density at radius 1 is 1.48 bits per heavy atom. The zero-order valence-electron chi connectivity index (χ0n) is 14.9. The van der Waals surface area contributed by atoms with Crippen molar-refractivity contribution in [2.24, 2.45) is 5.92 Å². The molecule has 1 unspecified atom stereocenters. The molecule has 1 saturated heterocycles. The Hall–Kier alpha value is -2.44. The van der Waals surface area contributed by atoms with Crippen LogP contribution in [0.1, 0.15) is 25.8 Å². The number of hydrogen-bond donors (Lipinski definition) is 2. The molecule has 1 aromatic rings. The summed E-state index contributed by atoms with van der Waals surface area (Å²) in [5.74, 6) is 1.67. The zero-order chi connectivity index (χ0) is 18.0. The van der Waals surface area contributed by atoms with Crippen LogP contribution >= 0.6 is 0 Å². The van der Waals surface area contributed by atoms with Crippen molar-refractivity contribution in [3.8, 4) is 11.5 Å². The SMILES string of the molecule is COc1ccc2c(c1)OC(C)(C)CN(C(=O)NCC1CNC(=O)C1)C2. The van der Waals surface area contributed by atoms with Crippen LogP contribution < -0.4 is 20.1 Å². The number of hydrogen-bond acceptors (Lipinski definition) is 4. The van der Waals surface area contributed by atoms with E-state index in [2.05, 4.69) is 10.6 Å². The maximum Gasteiger partial charge on any atom is 0.317 e. The van der Waals surface area contributed by atoms with E-state index in [9.17, 15) is 9.59 Å². The fourth-order valence-corrected chi connectivity index (χ4v) is 3.23. The van der Waals surface area contributed by atoms with Crippen molar-refractivity contribution in [3.05, 3.63) is 23.8 Å². The average molecular weight is 347 g/mol. The van der Waals surface area contributed by atoms with E-state index in [1.54, 1.807) is 12.0 Å². The Kier molecular flexibility index (Phi) is 4.74. The summed E-state index contributed by atoms with van der Waals surface area (Å²) in [7, 11) is 1.62. The molecule has 7 heteroatoms. The third-order valence-corrected chi connectivity index (χ3v) is 4.48. The molecule has 1 aromatic carbocycles. The van der Waals surface area contributed by atoms with Gasteiger partial charge in [-0.3, -0.25) is 4.79 Å². The highest BCUT2D eigenvalue weighted by molar-refractivity contribution is 5.79. The molecule has 2 aliphatic heterocycles. The van der Waals surface area contributed by atoms with Crippen LogP contribution in [0, 0.1) is 5.92 Å². The van der Waals surface area contributed by atoms with Crippen molar-refractivity contribution in [2.45, 2.75) is 32.4 Å². The van der Waals surface area contributed by atoms with Crippen molar-refractivity contribution in [1.82, 2.24) is 15.5 Å². The second-order valence-electron chi connectivity index (χ2n) is 7.25. The topological polar surface area (TPSA) is 79.9 Å². The molecule has 1 atom stereocenters. The lowest BCUT2D eigenvalue weighted by molar-refractivity contribution is -0.119. The standard InChI is InChI=1S/C18H25N3O4/c1-18(2)11-21(17(23)20-9-12-6-16(22)19-8-12)10-13-4-5-14(24-3)7-15(13)25-18/h4-5,7,12H,6,8-11H2,1-3H3,(H,19,22)(H,20,23). The molecule has 2 aliphatic rings. The maximum atomic E-state index is 12.6. The molecule has 0 bridgehead atoms. The van der Waals surface area contributed by atoms with Crippen LogP contribution in [0.25, 0.3) is 0 Å². The van der Waals surface area contributed by atoms with Crippen LogP contribution in [0.3, 0.4) is 0 Å². The summed E-state index contributed by atoms with van der Waals surface area (Å²) in [5.41, 5.74) is 0.430. The number of ether oxygens (including phenoxy) is 2. The smallest absolute Gasteiger partial charge is 0.317 e. The van der Waals surface area contributed by atoms with E-state index < -0.39 is 5.60 Å². The number of rotatable bonds is 3. The monoisotopic (exact) mass is 347 g/mol. The average Bonchev–Trinajstić information content (AvgIpc) is 2.91. The summed E-state index contributed by atoms with van der Waals surface area (Å²) >= 11 is 0. The molecule has 0 aromatic heterocycles. The number of amides is 3. The number of methoxy groups -OCH3 is 1. The van der Waals surface area contributed by atoms with Crippen LogP contribution in [-0.4, -0.2) is 49.2 Å². The Balaban J connectivity index is 1.70. The van der Waals surface area contributed by atoms with Gasteiger partial charge in [-0.1, -0.05) is 0 Å². The molecule has 25 heavy (non-hydrogen) atoms. The molecule has 1 fully saturated rings. The van der Waals surface area contributed by atoms with E-state index in [-0.39, 0.29) is 17.9 Å². The first-order chi connectivity index (χ1) is 11.9. The van der Waals surface area contributed by atoms with Crippen LogP contribution in [0.5, 0.6) is 11.5 Å². The van der Waals surface area contributed by atoms with Gasteiger partial charge in [0.05, 0.1) is 20.2 Å². The first-order valence-corrected chi connectivity index (χ1v) is 8.52. The van der Waals surface area contributed by atoms with E-state index in [1.165, 1.54) is 0 Å². The molecule has 3 amide bonds. The van der Waals surface area contributed by atoms with Crippen LogP contribution in [0.15, 0.2) is 18.2 Å². The number of carbonyl (C=O) groups is 2. The summed E-state index contributed by atoms with van der Waals surface area (Å²) in [4.78, 5) is 25.7. The minimum absolute atomic E-state index is 0.0476. The summed E-state index contributed by atoms with van der Waals surface area (Å²) in [6.07, 6.45) is 0.470. The fraction of sp³-hybridized carbons (Fsp3) is 0.556. The molecule has 2 N–H and O–H groups in total. The summed E-state index contributed by atoms with van der Waals surface area (Å²) in [6.45, 7) is 5.97. The number of nitrogens with zero attached hydrogens (tertiary/aromatic N) is 1. The van der Waals surface area contributed by atoms with Gasteiger partial charge in [-0.15, -0.1) is 0 Å².